The molecule has 0 fully saturated rings. The second kappa shape index (κ2) is 4.77. The number of thiophene rings is 1. The van der Waals surface area contributed by atoms with E-state index >= 15 is 0 Å². The van der Waals surface area contributed by atoms with Gasteiger partial charge >= 0.3 is 0 Å². The van der Waals surface area contributed by atoms with E-state index in [-0.39, 0.29) is 4.21 Å². The number of rotatable bonds is 5. The van der Waals surface area contributed by atoms with Crippen molar-refractivity contribution in [1.82, 2.24) is 5.32 Å². The zero-order chi connectivity index (χ0) is 10.6. The van der Waals surface area contributed by atoms with Crippen molar-refractivity contribution in [3.8, 4) is 0 Å². The molecule has 0 atom stereocenters. The Bertz CT molecular complexity index is 412. The lowest BCUT2D eigenvalue weighted by molar-refractivity contribution is -0.109. The van der Waals surface area contributed by atoms with Gasteiger partial charge in [-0.05, 0) is 18.6 Å². The van der Waals surface area contributed by atoms with Crippen LogP contribution in [0.1, 0.15) is 4.88 Å². The van der Waals surface area contributed by atoms with Gasteiger partial charge < -0.3 is 5.32 Å². The van der Waals surface area contributed by atoms with Gasteiger partial charge in [0.1, 0.15) is 4.21 Å². The third-order valence-electron chi connectivity index (χ3n) is 1.48. The summed E-state index contributed by atoms with van der Waals surface area (Å²) in [6, 6.07) is 3.15. The molecule has 0 radical (unpaired) electrons. The van der Waals surface area contributed by atoms with Gasteiger partial charge in [0.25, 0.3) is 9.05 Å². The van der Waals surface area contributed by atoms with E-state index in [2.05, 4.69) is 5.32 Å². The fourth-order valence-electron chi connectivity index (χ4n) is 0.878. The zero-order valence-corrected chi connectivity index (χ0v) is 9.45. The summed E-state index contributed by atoms with van der Waals surface area (Å²) in [7, 11) is 1.53. The predicted octanol–water partition coefficient (Wildman–Crippen LogP) is 0.964. The minimum Gasteiger partial charge on any atom is -0.358 e. The van der Waals surface area contributed by atoms with Crippen molar-refractivity contribution in [1.29, 1.82) is 0 Å². The van der Waals surface area contributed by atoms with Gasteiger partial charge in [0.15, 0.2) is 0 Å². The lowest BCUT2D eigenvalue weighted by Crippen LogP contribution is -2.13. The Morgan fingerprint density at radius 2 is 2.21 bits per heavy atom. The molecule has 0 unspecified atom stereocenters. The largest absolute Gasteiger partial charge is 0.358 e. The van der Waals surface area contributed by atoms with Gasteiger partial charge in [-0.1, -0.05) is 0 Å². The molecule has 14 heavy (non-hydrogen) atoms. The molecule has 1 rings (SSSR count). The molecule has 0 aliphatic carbocycles. The first-order valence-corrected chi connectivity index (χ1v) is 6.87. The molecule has 7 heteroatoms. The maximum atomic E-state index is 10.9. The Hall–Kier alpha value is -0.590. The maximum Gasteiger partial charge on any atom is 0.270 e. The van der Waals surface area contributed by atoms with Crippen LogP contribution in [0.3, 0.4) is 0 Å². The quantitative estimate of drug-likeness (QED) is 0.483. The van der Waals surface area contributed by atoms with E-state index in [1.54, 1.807) is 6.07 Å². The van der Waals surface area contributed by atoms with Gasteiger partial charge in [-0.2, -0.15) is 0 Å². The van der Waals surface area contributed by atoms with Gasteiger partial charge in [-0.25, -0.2) is 8.42 Å². The van der Waals surface area contributed by atoms with E-state index in [0.29, 0.717) is 19.4 Å². The van der Waals surface area contributed by atoms with Crippen LogP contribution < -0.4 is 5.32 Å². The summed E-state index contributed by atoms with van der Waals surface area (Å²) in [5, 5.41) is 2.49. The molecule has 1 N–H and O–H groups in total. The van der Waals surface area contributed by atoms with E-state index in [1.165, 1.54) is 6.07 Å². The van der Waals surface area contributed by atoms with Crippen molar-refractivity contribution >= 4 is 37.5 Å². The predicted molar refractivity (Wildman–Crippen MR) is 55.1 cm³/mol. The monoisotopic (exact) mass is 253 g/mol. The first-order chi connectivity index (χ1) is 6.54. The van der Waals surface area contributed by atoms with Gasteiger partial charge in [0.05, 0.1) is 0 Å². The molecular weight excluding hydrogens is 246 g/mol. The highest BCUT2D eigenvalue weighted by atomic mass is 35.7. The van der Waals surface area contributed by atoms with E-state index in [1.807, 2.05) is 0 Å². The molecule has 0 aromatic carbocycles. The van der Waals surface area contributed by atoms with Crippen LogP contribution in [0.4, 0.5) is 0 Å². The van der Waals surface area contributed by atoms with Crippen molar-refractivity contribution in [3.05, 3.63) is 17.0 Å². The van der Waals surface area contributed by atoms with Crippen LogP contribution in [0.2, 0.25) is 0 Å². The van der Waals surface area contributed by atoms with Crippen LogP contribution in [0.25, 0.3) is 0 Å². The fourth-order valence-corrected chi connectivity index (χ4v) is 3.00. The standard InChI is InChI=1S/C7H8ClNO3S2/c8-14(11,12)7-2-1-6(13-7)3-4-9-5-10/h1-2,5H,3-4H2,(H,9,10). The first kappa shape index (κ1) is 11.5. The van der Waals surface area contributed by atoms with Crippen LogP contribution in [0.15, 0.2) is 16.3 Å². The summed E-state index contributed by atoms with van der Waals surface area (Å²) in [5.41, 5.74) is 0. The Labute approximate surface area is 90.3 Å². The van der Waals surface area contributed by atoms with Crippen molar-refractivity contribution in [2.24, 2.45) is 0 Å². The Morgan fingerprint density at radius 1 is 1.50 bits per heavy atom. The lowest BCUT2D eigenvalue weighted by atomic mass is 10.3. The van der Waals surface area contributed by atoms with Crippen LogP contribution in [-0.4, -0.2) is 21.4 Å². The molecule has 0 saturated carbocycles. The average Bonchev–Trinajstić information content (AvgIpc) is 2.52. The third kappa shape index (κ3) is 3.28. The average molecular weight is 254 g/mol. The zero-order valence-electron chi connectivity index (χ0n) is 7.07. The Balaban J connectivity index is 2.64. The Morgan fingerprint density at radius 3 is 2.71 bits per heavy atom. The molecule has 0 aliphatic rings. The second-order valence-electron chi connectivity index (χ2n) is 2.48. The van der Waals surface area contributed by atoms with Crippen LogP contribution in [0, 0.1) is 0 Å². The molecule has 1 amide bonds. The number of carbonyl (C=O) groups excluding carboxylic acids is 1. The number of amides is 1. The van der Waals surface area contributed by atoms with E-state index in [9.17, 15) is 13.2 Å². The first-order valence-electron chi connectivity index (χ1n) is 3.74. The van der Waals surface area contributed by atoms with Crippen LogP contribution in [-0.2, 0) is 20.3 Å². The van der Waals surface area contributed by atoms with Crippen molar-refractivity contribution < 1.29 is 13.2 Å². The summed E-state index contributed by atoms with van der Waals surface area (Å²) in [5.74, 6) is 0. The molecule has 0 saturated heterocycles. The third-order valence-corrected chi connectivity index (χ3v) is 4.71. The summed E-state index contributed by atoms with van der Waals surface area (Å²) in [6.45, 7) is 0.492. The minimum atomic E-state index is -3.61. The van der Waals surface area contributed by atoms with Crippen molar-refractivity contribution in [2.45, 2.75) is 10.6 Å². The number of hydrogen-bond donors (Lipinski definition) is 1. The molecule has 0 aliphatic heterocycles. The normalized spacial score (nSPS) is 11.2. The SMILES string of the molecule is O=CNCCc1ccc(S(=O)(=O)Cl)s1. The van der Waals surface area contributed by atoms with Gasteiger partial charge in [0.2, 0.25) is 6.41 Å². The number of hydrogen-bond acceptors (Lipinski definition) is 4. The minimum absolute atomic E-state index is 0.139. The van der Waals surface area contributed by atoms with Gasteiger partial charge in [0, 0.05) is 22.1 Å². The number of nitrogens with one attached hydrogen (secondary N) is 1. The molecule has 4 nitrogen and oxygen atoms in total. The summed E-state index contributed by atoms with van der Waals surface area (Å²) < 4.78 is 21.9. The fraction of sp³-hybridized carbons (Fsp3) is 0.286. The smallest absolute Gasteiger partial charge is 0.270 e. The maximum absolute atomic E-state index is 10.9. The molecule has 1 heterocycles. The molecular formula is C7H8ClNO3S2. The van der Waals surface area contributed by atoms with Gasteiger partial charge in [-0.15, -0.1) is 11.3 Å². The number of carbonyl (C=O) groups is 1. The highest BCUT2D eigenvalue weighted by Gasteiger charge is 2.12. The molecule has 0 spiro atoms. The summed E-state index contributed by atoms with van der Waals surface area (Å²) in [6.07, 6.45) is 1.21. The van der Waals surface area contributed by atoms with E-state index in [4.69, 9.17) is 10.7 Å². The molecule has 1 aromatic heterocycles. The van der Waals surface area contributed by atoms with Crippen molar-refractivity contribution in [2.75, 3.05) is 6.54 Å². The molecule has 0 bridgehead atoms. The van der Waals surface area contributed by atoms with Crippen LogP contribution >= 0.6 is 22.0 Å². The van der Waals surface area contributed by atoms with Crippen molar-refractivity contribution in [3.63, 3.8) is 0 Å². The highest BCUT2D eigenvalue weighted by molar-refractivity contribution is 8.15. The number of halogens is 1. The second-order valence-corrected chi connectivity index (χ2v) is 6.44. The summed E-state index contributed by atoms with van der Waals surface area (Å²) in [4.78, 5) is 10.8. The Kier molecular flexibility index (Phi) is 3.91. The summed E-state index contributed by atoms with van der Waals surface area (Å²) >= 11 is 1.11. The molecule has 78 valence electrons. The van der Waals surface area contributed by atoms with Gasteiger partial charge in [-0.3, -0.25) is 4.79 Å². The van der Waals surface area contributed by atoms with E-state index in [0.717, 1.165) is 16.2 Å². The van der Waals surface area contributed by atoms with E-state index < -0.39 is 9.05 Å². The highest BCUT2D eigenvalue weighted by Crippen LogP contribution is 2.24. The lowest BCUT2D eigenvalue weighted by Gasteiger charge is -1.94. The topological polar surface area (TPSA) is 63.2 Å². The van der Waals surface area contributed by atoms with Crippen LogP contribution in [0.5, 0.6) is 0 Å². The molecule has 1 aromatic rings.